The van der Waals surface area contributed by atoms with Crippen LogP contribution in [0.15, 0.2) is 34.6 Å². The summed E-state index contributed by atoms with van der Waals surface area (Å²) in [7, 11) is 0. The van der Waals surface area contributed by atoms with Gasteiger partial charge in [0.1, 0.15) is 11.7 Å². The molecule has 5 rings (SSSR count). The summed E-state index contributed by atoms with van der Waals surface area (Å²) in [6.45, 7) is 3.48. The molecule has 0 N–H and O–H groups in total. The van der Waals surface area contributed by atoms with Gasteiger partial charge in [0.2, 0.25) is 5.13 Å². The molecule has 0 radical (unpaired) electrons. The van der Waals surface area contributed by atoms with Crippen molar-refractivity contribution in [1.82, 2.24) is 9.88 Å². The van der Waals surface area contributed by atoms with E-state index in [0.29, 0.717) is 0 Å². The molecule has 2 atom stereocenters. The van der Waals surface area contributed by atoms with E-state index in [9.17, 15) is 0 Å². The molecule has 3 aliphatic rings. The Hall–Kier alpha value is -1.57. The number of nitrogens with zero attached hydrogens (tertiary/aromatic N) is 5. The monoisotopic (exact) mass is 357 g/mol. The molecule has 2 aromatic rings. The van der Waals surface area contributed by atoms with Crippen molar-refractivity contribution < 1.29 is 4.74 Å². The van der Waals surface area contributed by atoms with Crippen LogP contribution in [0.4, 0.5) is 5.13 Å². The van der Waals surface area contributed by atoms with Gasteiger partial charge in [-0.25, -0.2) is 4.98 Å². The van der Waals surface area contributed by atoms with E-state index in [0.717, 1.165) is 49.8 Å². The number of fused-ring (bicyclic) bond motifs is 2. The zero-order valence-electron chi connectivity index (χ0n) is 14.3. The first-order valence-corrected chi connectivity index (χ1v) is 10.1. The Bertz CT molecular complexity index is 754. The van der Waals surface area contributed by atoms with Crippen LogP contribution in [-0.2, 0) is 4.74 Å². The minimum Gasteiger partial charge on any atom is -0.379 e. The van der Waals surface area contributed by atoms with Gasteiger partial charge in [-0.1, -0.05) is 41.5 Å². The Kier molecular flexibility index (Phi) is 3.95. The molecule has 25 heavy (non-hydrogen) atoms. The van der Waals surface area contributed by atoms with Crippen molar-refractivity contribution >= 4 is 26.7 Å². The van der Waals surface area contributed by atoms with Gasteiger partial charge >= 0.3 is 0 Å². The van der Waals surface area contributed by atoms with Crippen molar-refractivity contribution in [2.45, 2.75) is 43.8 Å². The lowest BCUT2D eigenvalue weighted by atomic mass is 9.92. The third-order valence-corrected chi connectivity index (χ3v) is 6.74. The number of morpholine rings is 1. The molecule has 0 bridgehead atoms. The molecule has 1 saturated heterocycles. The van der Waals surface area contributed by atoms with E-state index >= 15 is 0 Å². The van der Waals surface area contributed by atoms with Gasteiger partial charge in [0.05, 0.1) is 23.4 Å². The zero-order valence-corrected chi connectivity index (χ0v) is 15.1. The standard InChI is InChI=1S/C18H23N5OS/c1-2-8-16-18(9-5-1,22-10-12-24-13-11-22)23(21-20-16)17-19-14-6-3-4-7-15(14)25-17/h3-4,6-7,16H,1-2,5,8-13H2/t16-,18+/m0/s1. The molecular weight excluding hydrogens is 334 g/mol. The van der Waals surface area contributed by atoms with E-state index in [4.69, 9.17) is 14.8 Å². The number of hydrogen-bond donors (Lipinski definition) is 0. The second-order valence-corrected chi connectivity index (χ2v) is 8.08. The van der Waals surface area contributed by atoms with Crippen LogP contribution in [0.3, 0.4) is 0 Å². The molecule has 132 valence electrons. The molecule has 1 aromatic heterocycles. The highest BCUT2D eigenvalue weighted by Gasteiger charge is 2.54. The SMILES string of the molecule is c1ccc2sc(N3N=N[C@H]4CCCCC[C@]43N3CCOCC3)nc2c1. The van der Waals surface area contributed by atoms with Crippen molar-refractivity contribution in [3.05, 3.63) is 24.3 Å². The summed E-state index contributed by atoms with van der Waals surface area (Å²) in [5.74, 6) is 0. The Morgan fingerprint density at radius 3 is 2.88 bits per heavy atom. The molecule has 3 heterocycles. The molecule has 0 amide bonds. The first-order chi connectivity index (χ1) is 12.4. The topological polar surface area (TPSA) is 53.3 Å². The number of rotatable bonds is 2. The molecule has 0 unspecified atom stereocenters. The predicted octanol–water partition coefficient (Wildman–Crippen LogP) is 3.84. The number of anilines is 1. The minimum atomic E-state index is -0.159. The fourth-order valence-electron chi connectivity index (χ4n) is 4.49. The summed E-state index contributed by atoms with van der Waals surface area (Å²) in [4.78, 5) is 7.46. The Morgan fingerprint density at radius 1 is 1.12 bits per heavy atom. The van der Waals surface area contributed by atoms with Crippen LogP contribution >= 0.6 is 11.3 Å². The third kappa shape index (κ3) is 2.48. The summed E-state index contributed by atoms with van der Waals surface area (Å²) in [5.41, 5.74) is 0.889. The van der Waals surface area contributed by atoms with Crippen LogP contribution in [0.5, 0.6) is 0 Å². The average molecular weight is 357 g/mol. The highest BCUT2D eigenvalue weighted by atomic mass is 32.1. The van der Waals surface area contributed by atoms with E-state index in [1.165, 1.54) is 24.0 Å². The lowest BCUT2D eigenvalue weighted by Gasteiger charge is -2.48. The summed E-state index contributed by atoms with van der Waals surface area (Å²) in [6, 6.07) is 8.57. The first kappa shape index (κ1) is 15.7. The van der Waals surface area contributed by atoms with Gasteiger partial charge in [0, 0.05) is 13.1 Å². The highest BCUT2D eigenvalue weighted by Crippen LogP contribution is 2.46. The van der Waals surface area contributed by atoms with E-state index in [1.807, 2.05) is 6.07 Å². The molecule has 1 aliphatic carbocycles. The van der Waals surface area contributed by atoms with Gasteiger partial charge in [0.25, 0.3) is 0 Å². The lowest BCUT2D eigenvalue weighted by Crippen LogP contribution is -2.65. The number of ether oxygens (including phenoxy) is 1. The number of para-hydroxylation sites is 1. The molecule has 2 aliphatic heterocycles. The molecular formula is C18H23N5OS. The Morgan fingerprint density at radius 2 is 2.00 bits per heavy atom. The number of aromatic nitrogens is 1. The maximum absolute atomic E-state index is 5.62. The van der Waals surface area contributed by atoms with Gasteiger partial charge in [-0.3, -0.25) is 4.90 Å². The predicted molar refractivity (Wildman–Crippen MR) is 99.0 cm³/mol. The van der Waals surface area contributed by atoms with E-state index < -0.39 is 0 Å². The summed E-state index contributed by atoms with van der Waals surface area (Å²) in [6.07, 6.45) is 5.96. The fourth-order valence-corrected chi connectivity index (χ4v) is 5.48. The first-order valence-electron chi connectivity index (χ1n) is 9.27. The number of benzene rings is 1. The molecule has 1 saturated carbocycles. The Balaban J connectivity index is 1.59. The van der Waals surface area contributed by atoms with Crippen molar-refractivity contribution in [3.8, 4) is 0 Å². The second-order valence-electron chi connectivity index (χ2n) is 7.07. The van der Waals surface area contributed by atoms with Gasteiger partial charge < -0.3 is 4.74 Å². The molecule has 7 heteroatoms. The second kappa shape index (κ2) is 6.30. The van der Waals surface area contributed by atoms with Gasteiger partial charge in [0.15, 0.2) is 0 Å². The van der Waals surface area contributed by atoms with Crippen LogP contribution in [0.25, 0.3) is 10.2 Å². The van der Waals surface area contributed by atoms with E-state index in [2.05, 4.69) is 33.3 Å². The summed E-state index contributed by atoms with van der Waals surface area (Å²) >= 11 is 1.72. The quantitative estimate of drug-likeness (QED) is 0.819. The number of hydrogen-bond acceptors (Lipinski definition) is 7. The molecule has 6 nitrogen and oxygen atoms in total. The van der Waals surface area contributed by atoms with Gasteiger partial charge in [-0.2, -0.15) is 10.1 Å². The molecule has 1 aromatic carbocycles. The van der Waals surface area contributed by atoms with Crippen LogP contribution < -0.4 is 5.01 Å². The average Bonchev–Trinajstić information content (AvgIpc) is 3.18. The van der Waals surface area contributed by atoms with E-state index in [1.54, 1.807) is 11.3 Å². The fraction of sp³-hybridized carbons (Fsp3) is 0.611. The lowest BCUT2D eigenvalue weighted by molar-refractivity contribution is -0.0302. The minimum absolute atomic E-state index is 0.159. The van der Waals surface area contributed by atoms with Gasteiger partial charge in [-0.15, -0.1) is 0 Å². The normalized spacial score (nSPS) is 30.6. The molecule has 0 spiro atoms. The largest absolute Gasteiger partial charge is 0.379 e. The summed E-state index contributed by atoms with van der Waals surface area (Å²) < 4.78 is 6.83. The van der Waals surface area contributed by atoms with Crippen LogP contribution in [0.2, 0.25) is 0 Å². The van der Waals surface area contributed by atoms with Crippen LogP contribution in [0, 0.1) is 0 Å². The van der Waals surface area contributed by atoms with E-state index in [-0.39, 0.29) is 11.7 Å². The van der Waals surface area contributed by atoms with Gasteiger partial charge in [-0.05, 0) is 31.4 Å². The zero-order chi connectivity index (χ0) is 16.7. The van der Waals surface area contributed by atoms with Crippen molar-refractivity contribution in [2.24, 2.45) is 10.3 Å². The van der Waals surface area contributed by atoms with Crippen LogP contribution in [0.1, 0.15) is 32.1 Å². The third-order valence-electron chi connectivity index (χ3n) is 5.73. The maximum atomic E-state index is 5.62. The molecule has 2 fully saturated rings. The van der Waals surface area contributed by atoms with Crippen molar-refractivity contribution in [1.29, 1.82) is 0 Å². The smallest absolute Gasteiger partial charge is 0.210 e. The highest BCUT2D eigenvalue weighted by molar-refractivity contribution is 7.22. The van der Waals surface area contributed by atoms with Crippen molar-refractivity contribution in [3.63, 3.8) is 0 Å². The van der Waals surface area contributed by atoms with Crippen molar-refractivity contribution in [2.75, 3.05) is 31.3 Å². The number of thiazole rings is 1. The van der Waals surface area contributed by atoms with Crippen LogP contribution in [-0.4, -0.2) is 47.9 Å². The Labute approximate surface area is 151 Å². The maximum Gasteiger partial charge on any atom is 0.210 e. The summed E-state index contributed by atoms with van der Waals surface area (Å²) in [5, 5.41) is 12.5.